The summed E-state index contributed by atoms with van der Waals surface area (Å²) in [5.41, 5.74) is 6.77. The quantitative estimate of drug-likeness (QED) is 0.924. The van der Waals surface area contributed by atoms with E-state index in [-0.39, 0.29) is 0 Å². The smallest absolute Gasteiger partial charge is 0.0607 e. The molecule has 23 heavy (non-hydrogen) atoms. The second-order valence-electron chi connectivity index (χ2n) is 6.33. The maximum atomic E-state index is 4.52. The van der Waals surface area contributed by atoms with E-state index in [1.807, 2.05) is 13.2 Å². The van der Waals surface area contributed by atoms with Crippen LogP contribution in [0.4, 0.5) is 5.69 Å². The molecule has 0 atom stereocenters. The molecule has 1 N–H and O–H groups in total. The lowest BCUT2D eigenvalue weighted by Crippen LogP contribution is -2.33. The van der Waals surface area contributed by atoms with Crippen molar-refractivity contribution in [2.45, 2.75) is 26.2 Å². The summed E-state index contributed by atoms with van der Waals surface area (Å²) in [5.74, 6) is 0. The fourth-order valence-electron chi connectivity index (χ4n) is 3.25. The van der Waals surface area contributed by atoms with Crippen molar-refractivity contribution < 1.29 is 0 Å². The molecule has 0 spiro atoms. The van der Waals surface area contributed by atoms with Crippen molar-refractivity contribution in [1.29, 1.82) is 0 Å². The molecule has 0 unspecified atom stereocenters. The van der Waals surface area contributed by atoms with Crippen LogP contribution in [0, 0.1) is 6.92 Å². The molecule has 1 aromatic rings. The molecule has 1 saturated heterocycles. The number of nitrogens with one attached hydrogen (secondary N) is 1. The van der Waals surface area contributed by atoms with Crippen molar-refractivity contribution in [3.05, 3.63) is 53.8 Å². The number of nitrogens with zero attached hydrogens (tertiary/aromatic N) is 3. The van der Waals surface area contributed by atoms with Crippen LogP contribution in [0.15, 0.2) is 42.5 Å². The van der Waals surface area contributed by atoms with Crippen molar-refractivity contribution in [1.82, 2.24) is 14.8 Å². The van der Waals surface area contributed by atoms with E-state index in [2.05, 4.69) is 59.0 Å². The Balaban J connectivity index is 1.99. The number of likely N-dealkylation sites (tertiary alicyclic amines) is 1. The van der Waals surface area contributed by atoms with Crippen molar-refractivity contribution in [3.8, 4) is 0 Å². The minimum Gasteiger partial charge on any atom is -0.387 e. The van der Waals surface area contributed by atoms with Crippen molar-refractivity contribution >= 4 is 11.3 Å². The molecule has 0 aliphatic carbocycles. The number of anilines is 1. The molecule has 0 radical (unpaired) electrons. The number of pyridine rings is 1. The largest absolute Gasteiger partial charge is 0.387 e. The predicted molar refractivity (Wildman–Crippen MR) is 96.9 cm³/mol. The Morgan fingerprint density at radius 1 is 1.22 bits per heavy atom. The van der Waals surface area contributed by atoms with E-state index < -0.39 is 0 Å². The topological polar surface area (TPSA) is 31.4 Å². The highest BCUT2D eigenvalue weighted by Crippen LogP contribution is 2.32. The minimum absolute atomic E-state index is 1.03. The standard InChI is InChI=1S/C19H26N4/c1-14-18(11-17(20-3)12-21-14)16-10-19(15(2)22(4)13-16)23-8-6-5-7-9-23/h10-13,20H,2,5-9H2,1,3-4H3. The summed E-state index contributed by atoms with van der Waals surface area (Å²) in [6.45, 7) is 8.59. The normalized spacial score (nSPS) is 18.7. The Morgan fingerprint density at radius 3 is 2.65 bits per heavy atom. The molecule has 3 heterocycles. The first-order chi connectivity index (χ1) is 11.1. The van der Waals surface area contributed by atoms with E-state index in [1.165, 1.54) is 36.1 Å². The van der Waals surface area contributed by atoms with Gasteiger partial charge in [-0.15, -0.1) is 0 Å². The highest BCUT2D eigenvalue weighted by Gasteiger charge is 2.22. The Hall–Kier alpha value is -2.23. The van der Waals surface area contributed by atoms with E-state index >= 15 is 0 Å². The van der Waals surface area contributed by atoms with Gasteiger partial charge in [0, 0.05) is 50.2 Å². The van der Waals surface area contributed by atoms with Crippen molar-refractivity contribution in [2.24, 2.45) is 0 Å². The minimum atomic E-state index is 1.03. The maximum Gasteiger partial charge on any atom is 0.0607 e. The third-order valence-electron chi connectivity index (χ3n) is 4.73. The fourth-order valence-corrected chi connectivity index (χ4v) is 3.25. The van der Waals surface area contributed by atoms with E-state index in [1.54, 1.807) is 0 Å². The molecule has 4 heteroatoms. The summed E-state index contributed by atoms with van der Waals surface area (Å²) in [7, 11) is 4.00. The van der Waals surface area contributed by atoms with E-state index in [0.29, 0.717) is 0 Å². The van der Waals surface area contributed by atoms with E-state index in [4.69, 9.17) is 0 Å². The lowest BCUT2D eigenvalue weighted by atomic mass is 9.99. The highest BCUT2D eigenvalue weighted by molar-refractivity contribution is 5.79. The monoisotopic (exact) mass is 310 g/mol. The first-order valence-electron chi connectivity index (χ1n) is 8.35. The van der Waals surface area contributed by atoms with Gasteiger partial charge < -0.3 is 15.1 Å². The number of aromatic nitrogens is 1. The molecule has 3 rings (SSSR count). The molecule has 0 amide bonds. The Labute approximate surface area is 139 Å². The van der Waals surface area contributed by atoms with Gasteiger partial charge in [-0.1, -0.05) is 6.58 Å². The number of piperidine rings is 1. The summed E-state index contributed by atoms with van der Waals surface area (Å²) in [4.78, 5) is 9.12. The van der Waals surface area contributed by atoms with Gasteiger partial charge in [0.15, 0.2) is 0 Å². The lowest BCUT2D eigenvalue weighted by molar-refractivity contribution is 0.280. The van der Waals surface area contributed by atoms with Gasteiger partial charge >= 0.3 is 0 Å². The van der Waals surface area contributed by atoms with Crippen molar-refractivity contribution in [2.75, 3.05) is 32.5 Å². The first kappa shape index (κ1) is 15.7. The van der Waals surface area contributed by atoms with Crippen LogP contribution in [0.1, 0.15) is 30.5 Å². The highest BCUT2D eigenvalue weighted by atomic mass is 15.2. The molecule has 1 fully saturated rings. The lowest BCUT2D eigenvalue weighted by Gasteiger charge is -2.36. The molecule has 2 aliphatic rings. The fraction of sp³-hybridized carbons (Fsp3) is 0.421. The molecular weight excluding hydrogens is 284 g/mol. The van der Waals surface area contributed by atoms with Crippen LogP contribution >= 0.6 is 0 Å². The van der Waals surface area contributed by atoms with Gasteiger partial charge in [-0.2, -0.15) is 0 Å². The SMILES string of the molecule is C=C1C(N2CCCCC2)=CC(c2cc(NC)cnc2C)=CN1C. The summed E-state index contributed by atoms with van der Waals surface area (Å²) in [6.07, 6.45) is 10.2. The Bertz CT molecular complexity index is 666. The summed E-state index contributed by atoms with van der Waals surface area (Å²) >= 11 is 0. The summed E-state index contributed by atoms with van der Waals surface area (Å²) < 4.78 is 0. The van der Waals surface area contributed by atoms with Gasteiger partial charge in [-0.05, 0) is 38.3 Å². The van der Waals surface area contributed by atoms with Gasteiger partial charge in [0.05, 0.1) is 23.3 Å². The number of rotatable bonds is 3. The average molecular weight is 310 g/mol. The van der Waals surface area contributed by atoms with Crippen LogP contribution < -0.4 is 5.32 Å². The van der Waals surface area contributed by atoms with Crippen LogP contribution in [-0.4, -0.2) is 42.0 Å². The average Bonchev–Trinajstić information content (AvgIpc) is 2.58. The van der Waals surface area contributed by atoms with Gasteiger partial charge in [-0.3, -0.25) is 4.98 Å². The van der Waals surface area contributed by atoms with Crippen LogP contribution in [0.3, 0.4) is 0 Å². The Kier molecular flexibility index (Phi) is 4.42. The first-order valence-corrected chi connectivity index (χ1v) is 8.35. The number of hydrogen-bond acceptors (Lipinski definition) is 4. The van der Waals surface area contributed by atoms with Crippen LogP contribution in [0.2, 0.25) is 0 Å². The third-order valence-corrected chi connectivity index (χ3v) is 4.73. The van der Waals surface area contributed by atoms with Crippen LogP contribution in [0.5, 0.6) is 0 Å². The molecule has 2 aliphatic heterocycles. The summed E-state index contributed by atoms with van der Waals surface area (Å²) in [6, 6.07) is 2.17. The summed E-state index contributed by atoms with van der Waals surface area (Å²) in [5, 5.41) is 3.18. The van der Waals surface area contributed by atoms with Gasteiger partial charge in [-0.25, -0.2) is 0 Å². The molecule has 1 aromatic heterocycles. The van der Waals surface area contributed by atoms with Crippen LogP contribution in [-0.2, 0) is 0 Å². The predicted octanol–water partition coefficient (Wildman–Crippen LogP) is 3.60. The molecule has 0 aromatic carbocycles. The van der Waals surface area contributed by atoms with E-state index in [9.17, 15) is 0 Å². The Morgan fingerprint density at radius 2 is 1.96 bits per heavy atom. The third kappa shape index (κ3) is 3.11. The van der Waals surface area contributed by atoms with Gasteiger partial charge in [0.25, 0.3) is 0 Å². The number of aryl methyl sites for hydroxylation is 1. The molecule has 0 saturated carbocycles. The second-order valence-corrected chi connectivity index (χ2v) is 6.33. The zero-order valence-electron chi connectivity index (χ0n) is 14.4. The molecular formula is C19H26N4. The van der Waals surface area contributed by atoms with Crippen LogP contribution in [0.25, 0.3) is 5.57 Å². The zero-order chi connectivity index (χ0) is 16.4. The zero-order valence-corrected chi connectivity index (χ0v) is 14.4. The van der Waals surface area contributed by atoms with Crippen molar-refractivity contribution in [3.63, 3.8) is 0 Å². The second kappa shape index (κ2) is 6.49. The van der Waals surface area contributed by atoms with Gasteiger partial charge in [0.2, 0.25) is 0 Å². The maximum absolute atomic E-state index is 4.52. The van der Waals surface area contributed by atoms with E-state index in [0.717, 1.165) is 30.2 Å². The van der Waals surface area contributed by atoms with Gasteiger partial charge in [0.1, 0.15) is 0 Å². The number of hydrogen-bond donors (Lipinski definition) is 1. The molecule has 0 bridgehead atoms. The molecule has 4 nitrogen and oxygen atoms in total. The molecule has 122 valence electrons. The number of likely N-dealkylation sites (N-methyl/N-ethyl adjacent to an activating group) is 1. The number of allylic oxidation sites excluding steroid dienone is 2.